The van der Waals surface area contributed by atoms with Crippen molar-refractivity contribution in [3.05, 3.63) is 79.1 Å². The standard InChI is InChI=1S/C23H22N4O4S/c1-29-18-7-10-20-21(16-18)25-13-11-22(20)31-17-5-8-19(9-6-17)32(24,28)27-14-15-30-23-4-2-3-12-26-23/h2-13,16H,14-15H2,1H3,(H2,24,27,28). The zero-order valence-electron chi connectivity index (χ0n) is 17.4. The molecule has 0 saturated carbocycles. The van der Waals surface area contributed by atoms with Gasteiger partial charge in [0.25, 0.3) is 0 Å². The van der Waals surface area contributed by atoms with Crippen molar-refractivity contribution < 1.29 is 18.4 Å². The molecule has 2 N–H and O–H groups in total. The molecular weight excluding hydrogens is 428 g/mol. The molecule has 4 rings (SSSR count). The van der Waals surface area contributed by atoms with E-state index in [0.29, 0.717) is 22.3 Å². The Morgan fingerprint density at radius 3 is 2.53 bits per heavy atom. The zero-order valence-corrected chi connectivity index (χ0v) is 18.2. The third-order valence-corrected chi connectivity index (χ3v) is 6.14. The summed E-state index contributed by atoms with van der Waals surface area (Å²) in [5.74, 6) is 2.40. The number of rotatable bonds is 9. The molecule has 0 amide bonds. The Hall–Kier alpha value is -3.69. The van der Waals surface area contributed by atoms with E-state index in [-0.39, 0.29) is 13.2 Å². The molecule has 8 nitrogen and oxygen atoms in total. The molecule has 1 unspecified atom stereocenters. The molecule has 0 saturated heterocycles. The Morgan fingerprint density at radius 1 is 0.969 bits per heavy atom. The summed E-state index contributed by atoms with van der Waals surface area (Å²) in [5, 5.41) is 0.844. The molecule has 9 heteroatoms. The summed E-state index contributed by atoms with van der Waals surface area (Å²) in [5.41, 5.74) is 0.754. The van der Waals surface area contributed by atoms with Crippen molar-refractivity contribution in [2.45, 2.75) is 4.90 Å². The Labute approximate surface area is 186 Å². The van der Waals surface area contributed by atoms with Gasteiger partial charge in [0, 0.05) is 36.5 Å². The van der Waals surface area contributed by atoms with Crippen LogP contribution in [-0.4, -0.2) is 34.4 Å². The van der Waals surface area contributed by atoms with Gasteiger partial charge in [0.15, 0.2) is 0 Å². The van der Waals surface area contributed by atoms with Crippen molar-refractivity contribution in [1.29, 1.82) is 4.78 Å². The number of aromatic nitrogens is 2. The van der Waals surface area contributed by atoms with E-state index < -0.39 is 9.92 Å². The topological polar surface area (TPSA) is 106 Å². The summed E-state index contributed by atoms with van der Waals surface area (Å²) in [6, 6.07) is 19.3. The molecule has 2 aromatic heterocycles. The van der Waals surface area contributed by atoms with Gasteiger partial charge in [-0.3, -0.25) is 4.98 Å². The Morgan fingerprint density at radius 2 is 1.78 bits per heavy atom. The maximum Gasteiger partial charge on any atom is 0.213 e. The molecule has 32 heavy (non-hydrogen) atoms. The van der Waals surface area contributed by atoms with E-state index in [1.165, 1.54) is 0 Å². The molecule has 2 heterocycles. The van der Waals surface area contributed by atoms with Crippen molar-refractivity contribution in [3.8, 4) is 23.1 Å². The molecule has 4 aromatic rings. The van der Waals surface area contributed by atoms with Gasteiger partial charge in [-0.15, -0.1) is 0 Å². The molecular formula is C23H22N4O4S. The molecule has 0 spiro atoms. The van der Waals surface area contributed by atoms with Gasteiger partial charge in [-0.05, 0) is 48.5 Å². The lowest BCUT2D eigenvalue weighted by molar-refractivity contribution is 0.311. The number of nitrogens with one attached hydrogen (secondary N) is 2. The van der Waals surface area contributed by atoms with Crippen molar-refractivity contribution >= 4 is 20.8 Å². The Kier molecular flexibility index (Phi) is 6.48. The first-order chi connectivity index (χ1) is 15.5. The monoisotopic (exact) mass is 450 g/mol. The van der Waals surface area contributed by atoms with Crippen LogP contribution in [0.15, 0.2) is 84.0 Å². The lowest BCUT2D eigenvalue weighted by Gasteiger charge is -2.12. The summed E-state index contributed by atoms with van der Waals surface area (Å²) in [6.07, 6.45) is 3.30. The largest absolute Gasteiger partial charge is 0.497 e. The smallest absolute Gasteiger partial charge is 0.213 e. The van der Waals surface area contributed by atoms with Crippen LogP contribution in [0.1, 0.15) is 0 Å². The zero-order chi connectivity index (χ0) is 22.4. The summed E-state index contributed by atoms with van der Waals surface area (Å²) < 4.78 is 40.3. The lowest BCUT2D eigenvalue weighted by atomic mass is 10.2. The van der Waals surface area contributed by atoms with Crippen molar-refractivity contribution in [2.75, 3.05) is 20.3 Å². The number of fused-ring (bicyclic) bond motifs is 1. The van der Waals surface area contributed by atoms with Gasteiger partial charge in [-0.1, -0.05) is 6.07 Å². The van der Waals surface area contributed by atoms with E-state index in [4.69, 9.17) is 19.0 Å². The number of nitrogens with zero attached hydrogens (tertiary/aromatic N) is 2. The fraction of sp³-hybridized carbons (Fsp3) is 0.130. The highest BCUT2D eigenvalue weighted by Gasteiger charge is 2.11. The maximum atomic E-state index is 12.7. The van der Waals surface area contributed by atoms with E-state index in [1.807, 2.05) is 24.3 Å². The van der Waals surface area contributed by atoms with Gasteiger partial charge in [0.2, 0.25) is 5.88 Å². The van der Waals surface area contributed by atoms with Gasteiger partial charge in [-0.2, -0.15) is 0 Å². The van der Waals surface area contributed by atoms with Crippen LogP contribution >= 0.6 is 0 Å². The molecule has 1 atom stereocenters. The molecule has 164 valence electrons. The fourth-order valence-electron chi connectivity index (χ4n) is 3.00. The van der Waals surface area contributed by atoms with Gasteiger partial charge in [0.05, 0.1) is 17.5 Å². The van der Waals surface area contributed by atoms with E-state index in [2.05, 4.69) is 14.7 Å². The second kappa shape index (κ2) is 9.63. The quantitative estimate of drug-likeness (QED) is 0.366. The SMILES string of the molecule is COc1ccc2c(Oc3ccc(S(=N)(=O)NCCOc4ccccn4)cc3)ccnc2c1. The summed E-state index contributed by atoms with van der Waals surface area (Å²) in [4.78, 5) is 8.75. The minimum atomic E-state index is -3.18. The van der Waals surface area contributed by atoms with Crippen LogP contribution in [0.25, 0.3) is 10.9 Å². The van der Waals surface area contributed by atoms with Crippen LogP contribution in [-0.2, 0) is 9.92 Å². The van der Waals surface area contributed by atoms with E-state index in [9.17, 15) is 4.21 Å². The van der Waals surface area contributed by atoms with Gasteiger partial charge in [0.1, 0.15) is 33.8 Å². The molecule has 0 bridgehead atoms. The summed E-state index contributed by atoms with van der Waals surface area (Å²) in [7, 11) is -1.57. The highest BCUT2D eigenvalue weighted by molar-refractivity contribution is 7.90. The third-order valence-electron chi connectivity index (χ3n) is 4.59. The van der Waals surface area contributed by atoms with Gasteiger partial charge in [-0.25, -0.2) is 18.7 Å². The Balaban J connectivity index is 1.40. The maximum absolute atomic E-state index is 12.7. The first kappa shape index (κ1) is 21.5. The average Bonchev–Trinajstić information content (AvgIpc) is 2.83. The predicted octanol–water partition coefficient (Wildman–Crippen LogP) is 4.42. The number of hydrogen-bond donors (Lipinski definition) is 2. The first-order valence-corrected chi connectivity index (χ1v) is 11.4. The second-order valence-corrected chi connectivity index (χ2v) is 8.61. The van der Waals surface area contributed by atoms with Crippen LogP contribution in [0.2, 0.25) is 0 Å². The minimum absolute atomic E-state index is 0.240. The van der Waals surface area contributed by atoms with Gasteiger partial charge >= 0.3 is 0 Å². The van der Waals surface area contributed by atoms with Gasteiger partial charge < -0.3 is 14.2 Å². The lowest BCUT2D eigenvalue weighted by Crippen LogP contribution is -2.27. The van der Waals surface area contributed by atoms with E-state index in [1.54, 1.807) is 62.0 Å². The van der Waals surface area contributed by atoms with Crippen LogP contribution in [0.4, 0.5) is 0 Å². The Bertz CT molecular complexity index is 1300. The number of pyridine rings is 2. The number of methoxy groups -OCH3 is 1. The normalized spacial score (nSPS) is 12.8. The number of ether oxygens (including phenoxy) is 3. The van der Waals surface area contributed by atoms with Crippen molar-refractivity contribution in [3.63, 3.8) is 0 Å². The minimum Gasteiger partial charge on any atom is -0.497 e. The van der Waals surface area contributed by atoms with Crippen LogP contribution in [0, 0.1) is 4.78 Å². The molecule has 2 aromatic carbocycles. The van der Waals surface area contributed by atoms with E-state index in [0.717, 1.165) is 16.7 Å². The van der Waals surface area contributed by atoms with Crippen molar-refractivity contribution in [1.82, 2.24) is 14.7 Å². The third kappa shape index (κ3) is 5.13. The molecule has 0 aliphatic heterocycles. The number of hydrogen-bond acceptors (Lipinski definition) is 7. The summed E-state index contributed by atoms with van der Waals surface area (Å²) >= 11 is 0. The highest BCUT2D eigenvalue weighted by Crippen LogP contribution is 2.31. The van der Waals surface area contributed by atoms with Crippen LogP contribution < -0.4 is 18.9 Å². The molecule has 0 radical (unpaired) electrons. The summed E-state index contributed by atoms with van der Waals surface area (Å²) in [6.45, 7) is 0.484. The molecule has 0 fully saturated rings. The average molecular weight is 451 g/mol. The second-order valence-electron chi connectivity index (χ2n) is 6.73. The van der Waals surface area contributed by atoms with Crippen LogP contribution in [0.5, 0.6) is 23.1 Å². The van der Waals surface area contributed by atoms with Crippen LogP contribution in [0.3, 0.4) is 0 Å². The van der Waals surface area contributed by atoms with E-state index >= 15 is 0 Å². The molecule has 0 aliphatic rings. The highest BCUT2D eigenvalue weighted by atomic mass is 32.2. The first-order valence-electron chi connectivity index (χ1n) is 9.83. The predicted molar refractivity (Wildman–Crippen MR) is 122 cm³/mol. The molecule has 0 aliphatic carbocycles. The number of benzene rings is 2. The fourth-order valence-corrected chi connectivity index (χ4v) is 4.06. The van der Waals surface area contributed by atoms with Crippen molar-refractivity contribution in [2.24, 2.45) is 0 Å².